The van der Waals surface area contributed by atoms with E-state index in [4.69, 9.17) is 9.52 Å². The highest BCUT2D eigenvalue weighted by Gasteiger charge is 2.33. The largest absolute Gasteiger partial charge is 0.442 e. The molecule has 144 valence electrons. The maximum absolute atomic E-state index is 12.5. The summed E-state index contributed by atoms with van der Waals surface area (Å²) in [7, 11) is 0. The Hall–Kier alpha value is -3.19. The van der Waals surface area contributed by atoms with Crippen LogP contribution in [0.25, 0.3) is 11.1 Å². The van der Waals surface area contributed by atoms with E-state index in [0.717, 1.165) is 27.0 Å². The Bertz CT molecular complexity index is 1280. The van der Waals surface area contributed by atoms with E-state index in [1.54, 1.807) is 0 Å². The van der Waals surface area contributed by atoms with Gasteiger partial charge in [0.05, 0.1) is 29.3 Å². The summed E-state index contributed by atoms with van der Waals surface area (Å²) in [5.74, 6) is 0.646. The normalized spacial score (nSPS) is 16.4. The number of furan rings is 1. The molecule has 1 aliphatic rings. The molecule has 0 saturated carbocycles. The van der Waals surface area contributed by atoms with Crippen LogP contribution in [0.15, 0.2) is 79.7 Å². The third-order valence-electron chi connectivity index (χ3n) is 5.14. The summed E-state index contributed by atoms with van der Waals surface area (Å²) in [6.45, 7) is 1.85. The van der Waals surface area contributed by atoms with Crippen LogP contribution in [0.4, 0.5) is 5.69 Å². The number of H-pyrrole nitrogens is 1. The zero-order valence-corrected chi connectivity index (χ0v) is 17.2. The number of aryl methyl sites for hydroxylation is 1. The molecule has 0 radical (unpaired) electrons. The van der Waals surface area contributed by atoms with Crippen molar-refractivity contribution >= 4 is 38.4 Å². The van der Waals surface area contributed by atoms with Crippen molar-refractivity contribution in [3.63, 3.8) is 0 Å². The van der Waals surface area contributed by atoms with Gasteiger partial charge >= 0.3 is 0 Å². The Kier molecular flexibility index (Phi) is 4.32. The van der Waals surface area contributed by atoms with E-state index < -0.39 is 0 Å². The molecule has 0 bridgehead atoms. The van der Waals surface area contributed by atoms with Crippen molar-refractivity contribution in [1.82, 2.24) is 9.97 Å². The predicted molar refractivity (Wildman–Crippen MR) is 116 cm³/mol. The second-order valence-corrected chi connectivity index (χ2v) is 7.86. The van der Waals surface area contributed by atoms with Crippen molar-refractivity contribution in [3.05, 3.63) is 92.6 Å². The van der Waals surface area contributed by atoms with E-state index >= 15 is 0 Å². The molecular formula is C22H17BrN4O2. The Morgan fingerprint density at radius 2 is 1.90 bits per heavy atom. The number of anilines is 1. The van der Waals surface area contributed by atoms with Crippen LogP contribution in [0.2, 0.25) is 0 Å². The van der Waals surface area contributed by atoms with Gasteiger partial charge in [0.2, 0.25) is 5.71 Å². The molecule has 29 heavy (non-hydrogen) atoms. The molecule has 4 aromatic rings. The van der Waals surface area contributed by atoms with Gasteiger partial charge in [0, 0.05) is 10.9 Å². The third-order valence-corrected chi connectivity index (χ3v) is 5.67. The summed E-state index contributed by atoms with van der Waals surface area (Å²) in [5, 5.41) is 7.40. The first kappa shape index (κ1) is 17.9. The molecule has 1 N–H and O–H groups in total. The molecule has 5 rings (SSSR count). The highest BCUT2D eigenvalue weighted by Crippen LogP contribution is 2.38. The topological polar surface area (TPSA) is 74.5 Å². The number of aromatic nitrogens is 2. The van der Waals surface area contributed by atoms with Gasteiger partial charge in [0.1, 0.15) is 11.1 Å². The van der Waals surface area contributed by atoms with Crippen molar-refractivity contribution in [1.29, 1.82) is 0 Å². The first-order valence-corrected chi connectivity index (χ1v) is 10.1. The van der Waals surface area contributed by atoms with Crippen LogP contribution in [-0.2, 0) is 0 Å². The number of hydrogen-bond donors (Lipinski definition) is 1. The zero-order chi connectivity index (χ0) is 20.0. The third kappa shape index (κ3) is 3.07. The van der Waals surface area contributed by atoms with Crippen molar-refractivity contribution in [3.8, 4) is 0 Å². The molecule has 0 spiro atoms. The molecule has 1 aliphatic heterocycles. The average molecular weight is 449 g/mol. The molecule has 2 aromatic heterocycles. The Morgan fingerprint density at radius 3 is 2.66 bits per heavy atom. The Balaban J connectivity index is 1.66. The van der Waals surface area contributed by atoms with Gasteiger partial charge in [-0.25, -0.2) is 4.98 Å². The van der Waals surface area contributed by atoms with Crippen LogP contribution in [0.3, 0.4) is 0 Å². The minimum atomic E-state index is -0.220. The zero-order valence-electron chi connectivity index (χ0n) is 15.6. The van der Waals surface area contributed by atoms with Gasteiger partial charge in [-0.2, -0.15) is 5.10 Å². The lowest BCUT2D eigenvalue weighted by Gasteiger charge is -2.24. The maximum atomic E-state index is 12.5. The first-order valence-electron chi connectivity index (χ1n) is 9.26. The van der Waals surface area contributed by atoms with Crippen LogP contribution in [0.1, 0.15) is 29.3 Å². The summed E-state index contributed by atoms with van der Waals surface area (Å²) < 4.78 is 6.78. The number of hydrogen-bond acceptors (Lipinski definition) is 5. The van der Waals surface area contributed by atoms with Gasteiger partial charge in [-0.1, -0.05) is 46.3 Å². The van der Waals surface area contributed by atoms with E-state index in [-0.39, 0.29) is 11.6 Å². The number of hydrazone groups is 1. The van der Waals surface area contributed by atoms with Gasteiger partial charge in [-0.15, -0.1) is 0 Å². The van der Waals surface area contributed by atoms with Crippen LogP contribution >= 0.6 is 15.9 Å². The SMILES string of the molecule is Cc1oc2nc[nH]c(=O)c2c1C1=NN(c2ccccc2)C(c2ccc(Br)cc2)C1. The highest BCUT2D eigenvalue weighted by atomic mass is 79.9. The van der Waals surface area contributed by atoms with Crippen LogP contribution in [0, 0.1) is 6.92 Å². The Morgan fingerprint density at radius 1 is 1.14 bits per heavy atom. The first-order chi connectivity index (χ1) is 14.1. The molecule has 6 nitrogen and oxygen atoms in total. The summed E-state index contributed by atoms with van der Waals surface area (Å²) in [6, 6.07) is 18.3. The molecule has 3 heterocycles. The number of benzene rings is 2. The lowest BCUT2D eigenvalue weighted by molar-refractivity contribution is 0.565. The molecule has 2 aromatic carbocycles. The van der Waals surface area contributed by atoms with Gasteiger partial charge < -0.3 is 9.40 Å². The lowest BCUT2D eigenvalue weighted by atomic mass is 9.97. The molecule has 0 aliphatic carbocycles. The quantitative estimate of drug-likeness (QED) is 0.481. The number of nitrogens with one attached hydrogen (secondary N) is 1. The van der Waals surface area contributed by atoms with E-state index in [9.17, 15) is 4.79 Å². The van der Waals surface area contributed by atoms with Crippen molar-refractivity contribution in [2.24, 2.45) is 5.10 Å². The van der Waals surface area contributed by atoms with Gasteiger partial charge in [-0.05, 0) is 36.8 Å². The van der Waals surface area contributed by atoms with Gasteiger partial charge in [0.25, 0.3) is 5.56 Å². The smallest absolute Gasteiger partial charge is 0.262 e. The number of fused-ring (bicyclic) bond motifs is 1. The van der Waals surface area contributed by atoms with Crippen LogP contribution in [0.5, 0.6) is 0 Å². The van der Waals surface area contributed by atoms with E-state index in [0.29, 0.717) is 23.3 Å². The second kappa shape index (κ2) is 7.00. The van der Waals surface area contributed by atoms with Crippen molar-refractivity contribution in [2.45, 2.75) is 19.4 Å². The molecular weight excluding hydrogens is 432 g/mol. The molecule has 1 atom stereocenters. The molecule has 0 saturated heterocycles. The summed E-state index contributed by atoms with van der Waals surface area (Å²) in [4.78, 5) is 19.3. The molecule has 7 heteroatoms. The fourth-order valence-electron chi connectivity index (χ4n) is 3.83. The van der Waals surface area contributed by atoms with Crippen molar-refractivity contribution < 1.29 is 4.42 Å². The van der Waals surface area contributed by atoms with E-state index in [2.05, 4.69) is 38.0 Å². The molecule has 0 amide bonds. The van der Waals surface area contributed by atoms with E-state index in [1.807, 2.05) is 54.4 Å². The summed E-state index contributed by atoms with van der Waals surface area (Å²) >= 11 is 3.50. The highest BCUT2D eigenvalue weighted by molar-refractivity contribution is 9.10. The molecule has 0 fully saturated rings. The van der Waals surface area contributed by atoms with Crippen molar-refractivity contribution in [2.75, 3.05) is 5.01 Å². The summed E-state index contributed by atoms with van der Waals surface area (Å²) in [6.07, 6.45) is 2.01. The monoisotopic (exact) mass is 448 g/mol. The lowest BCUT2D eigenvalue weighted by Crippen LogP contribution is -2.18. The predicted octanol–water partition coefficient (Wildman–Crippen LogP) is 4.94. The second-order valence-electron chi connectivity index (χ2n) is 6.94. The molecule has 1 unspecified atom stereocenters. The number of rotatable bonds is 3. The van der Waals surface area contributed by atoms with Gasteiger partial charge in [-0.3, -0.25) is 9.80 Å². The maximum Gasteiger partial charge on any atom is 0.262 e. The minimum absolute atomic E-state index is 0.0144. The number of aromatic amines is 1. The fraction of sp³-hybridized carbons (Fsp3) is 0.136. The average Bonchev–Trinajstić information content (AvgIpc) is 3.30. The Labute approximate surface area is 175 Å². The van der Waals surface area contributed by atoms with E-state index in [1.165, 1.54) is 6.33 Å². The summed E-state index contributed by atoms with van der Waals surface area (Å²) in [5.41, 5.74) is 3.80. The fourth-order valence-corrected chi connectivity index (χ4v) is 4.09. The van der Waals surface area contributed by atoms with Gasteiger partial charge in [0.15, 0.2) is 0 Å². The van der Waals surface area contributed by atoms with Crippen LogP contribution < -0.4 is 10.6 Å². The number of halogens is 1. The number of para-hydroxylation sites is 1. The standard InChI is InChI=1S/C22H17BrN4O2/c1-13-19(20-21(28)24-12-25-22(20)29-13)17-11-18(14-7-9-15(23)10-8-14)27(26-17)16-5-3-2-4-6-16/h2-10,12,18H,11H2,1H3,(H,24,25,28). The number of nitrogens with zero attached hydrogens (tertiary/aromatic N) is 3. The minimum Gasteiger partial charge on any atom is -0.442 e. The van der Waals surface area contributed by atoms with Crippen LogP contribution in [-0.4, -0.2) is 15.7 Å².